The van der Waals surface area contributed by atoms with Crippen LogP contribution in [0.15, 0.2) is 18.2 Å². The first-order valence-corrected chi connectivity index (χ1v) is 2.45. The van der Waals surface area contributed by atoms with Gasteiger partial charge in [-0.2, -0.15) is 0 Å². The number of aromatic hydroxyl groups is 1. The number of nitrogens with two attached hydrogens (primary N) is 1. The maximum Gasteiger partial charge on any atom is 0.187 e. The van der Waals surface area contributed by atoms with Gasteiger partial charge in [-0.15, -0.1) is 17.0 Å². The van der Waals surface area contributed by atoms with E-state index < -0.39 is 11.6 Å². The number of benzene rings is 1. The van der Waals surface area contributed by atoms with Gasteiger partial charge in [0.1, 0.15) is 0 Å². The minimum atomic E-state index is -0.752. The van der Waals surface area contributed by atoms with Gasteiger partial charge in [-0.25, -0.2) is 4.39 Å². The van der Waals surface area contributed by atoms with Crippen LogP contribution in [0, 0.1) is 5.82 Å². The van der Waals surface area contributed by atoms with E-state index in [0.717, 1.165) is 0 Å². The number of hydrogen-bond acceptors (Lipinski definition) is 2. The largest absolute Gasteiger partial charge is 0.505 e. The highest BCUT2D eigenvalue weighted by molar-refractivity contribution is 8.93. The first kappa shape index (κ1) is 9.23. The lowest BCUT2D eigenvalue weighted by Gasteiger charge is -1.95. The number of hydrogen-bond donors (Lipinski definition) is 2. The summed E-state index contributed by atoms with van der Waals surface area (Å²) in [6.45, 7) is 0. The molecular weight excluding hydrogens is 201 g/mol. The van der Waals surface area contributed by atoms with E-state index in [2.05, 4.69) is 0 Å². The van der Waals surface area contributed by atoms with Crippen LogP contribution in [-0.2, 0) is 0 Å². The van der Waals surface area contributed by atoms with E-state index in [1.807, 2.05) is 0 Å². The van der Waals surface area contributed by atoms with Crippen molar-refractivity contribution in [3.8, 4) is 5.75 Å². The monoisotopic (exact) mass is 207 g/mol. The highest BCUT2D eigenvalue weighted by atomic mass is 79.9. The normalized spacial score (nSPS) is 8.50. The average molecular weight is 208 g/mol. The fourth-order valence-electron chi connectivity index (χ4n) is 0.537. The van der Waals surface area contributed by atoms with Crippen molar-refractivity contribution < 1.29 is 9.50 Å². The summed E-state index contributed by atoms with van der Waals surface area (Å²) in [7, 11) is 0. The molecule has 0 atom stereocenters. The van der Waals surface area contributed by atoms with Crippen LogP contribution in [0.3, 0.4) is 0 Å². The molecule has 1 rings (SSSR count). The molecule has 3 N–H and O–H groups in total. The zero-order valence-electron chi connectivity index (χ0n) is 5.04. The molecule has 1 aromatic carbocycles. The van der Waals surface area contributed by atoms with Crippen LogP contribution in [-0.4, -0.2) is 5.11 Å². The van der Waals surface area contributed by atoms with Gasteiger partial charge in [0.15, 0.2) is 11.6 Å². The molecule has 10 heavy (non-hydrogen) atoms. The summed E-state index contributed by atoms with van der Waals surface area (Å²) in [5.74, 6) is -1.16. The van der Waals surface area contributed by atoms with Crippen molar-refractivity contribution in [2.24, 2.45) is 0 Å². The molecule has 0 aliphatic rings. The summed E-state index contributed by atoms with van der Waals surface area (Å²) >= 11 is 0. The Morgan fingerprint density at radius 3 is 2.40 bits per heavy atom. The summed E-state index contributed by atoms with van der Waals surface area (Å²) in [4.78, 5) is 0. The Morgan fingerprint density at radius 1 is 1.40 bits per heavy atom. The first-order valence-electron chi connectivity index (χ1n) is 2.45. The average Bonchev–Trinajstić information content (AvgIpc) is 1.83. The third kappa shape index (κ3) is 1.60. The van der Waals surface area contributed by atoms with Crippen LogP contribution in [0.4, 0.5) is 10.1 Å². The van der Waals surface area contributed by atoms with Crippen molar-refractivity contribution in [2.45, 2.75) is 0 Å². The molecule has 0 aromatic heterocycles. The molecule has 0 fully saturated rings. The molecule has 0 aliphatic carbocycles. The molecular formula is C6H7BrFNO. The van der Waals surface area contributed by atoms with Gasteiger partial charge in [-0.1, -0.05) is 6.07 Å². The minimum absolute atomic E-state index is 0. The molecule has 0 aliphatic heterocycles. The Labute approximate surface area is 68.2 Å². The van der Waals surface area contributed by atoms with Crippen molar-refractivity contribution >= 4 is 22.7 Å². The maximum absolute atomic E-state index is 12.4. The van der Waals surface area contributed by atoms with E-state index in [1.165, 1.54) is 18.2 Å². The standard InChI is InChI=1S/C6H6FNO.BrH/c7-6-4(8)2-1-3-5(6)9;/h1-3,9H,8H2;1H. The predicted molar refractivity (Wildman–Crippen MR) is 42.8 cm³/mol. The van der Waals surface area contributed by atoms with Crippen LogP contribution >= 0.6 is 17.0 Å². The SMILES string of the molecule is Br.Nc1cccc(O)c1F. The number of phenols is 1. The van der Waals surface area contributed by atoms with Crippen molar-refractivity contribution in [3.63, 3.8) is 0 Å². The van der Waals surface area contributed by atoms with E-state index in [4.69, 9.17) is 10.8 Å². The molecule has 56 valence electrons. The smallest absolute Gasteiger partial charge is 0.187 e. The lowest BCUT2D eigenvalue weighted by atomic mass is 10.3. The van der Waals surface area contributed by atoms with Crippen LogP contribution in [0.2, 0.25) is 0 Å². The highest BCUT2D eigenvalue weighted by Gasteiger charge is 2.00. The van der Waals surface area contributed by atoms with E-state index in [9.17, 15) is 4.39 Å². The maximum atomic E-state index is 12.4. The summed E-state index contributed by atoms with van der Waals surface area (Å²) in [6.07, 6.45) is 0. The van der Waals surface area contributed by atoms with Crippen LogP contribution in [0.5, 0.6) is 5.75 Å². The van der Waals surface area contributed by atoms with Gasteiger partial charge in [-0.05, 0) is 12.1 Å². The van der Waals surface area contributed by atoms with Gasteiger partial charge >= 0.3 is 0 Å². The highest BCUT2D eigenvalue weighted by Crippen LogP contribution is 2.19. The third-order valence-electron chi connectivity index (χ3n) is 1.01. The van der Waals surface area contributed by atoms with Crippen LogP contribution in [0.25, 0.3) is 0 Å². The number of phenolic OH excluding ortho intramolecular Hbond substituents is 1. The Morgan fingerprint density at radius 2 is 2.00 bits per heavy atom. The van der Waals surface area contributed by atoms with E-state index in [1.54, 1.807) is 0 Å². The van der Waals surface area contributed by atoms with Crippen molar-refractivity contribution in [1.82, 2.24) is 0 Å². The minimum Gasteiger partial charge on any atom is -0.505 e. The second-order valence-electron chi connectivity index (χ2n) is 1.68. The quantitative estimate of drug-likeness (QED) is 0.637. The lowest BCUT2D eigenvalue weighted by Crippen LogP contribution is -1.88. The second kappa shape index (κ2) is 3.41. The number of nitrogen functional groups attached to an aromatic ring is 1. The summed E-state index contributed by atoms with van der Waals surface area (Å²) in [5.41, 5.74) is 5.05. The van der Waals surface area contributed by atoms with Gasteiger partial charge in [-0.3, -0.25) is 0 Å². The van der Waals surface area contributed by atoms with E-state index in [-0.39, 0.29) is 22.7 Å². The molecule has 0 bridgehead atoms. The lowest BCUT2D eigenvalue weighted by molar-refractivity contribution is 0.434. The predicted octanol–water partition coefficient (Wildman–Crippen LogP) is 1.69. The fourth-order valence-corrected chi connectivity index (χ4v) is 0.537. The Kier molecular flexibility index (Phi) is 3.15. The summed E-state index contributed by atoms with van der Waals surface area (Å²) in [6, 6.07) is 4.11. The van der Waals surface area contributed by atoms with Gasteiger partial charge < -0.3 is 10.8 Å². The molecule has 4 heteroatoms. The van der Waals surface area contributed by atoms with Gasteiger partial charge in [0, 0.05) is 0 Å². The van der Waals surface area contributed by atoms with E-state index >= 15 is 0 Å². The summed E-state index contributed by atoms with van der Waals surface area (Å²) in [5, 5.41) is 8.65. The topological polar surface area (TPSA) is 46.2 Å². The molecule has 0 saturated carbocycles. The number of anilines is 1. The Hall–Kier alpha value is -0.770. The van der Waals surface area contributed by atoms with E-state index in [0.29, 0.717) is 0 Å². The van der Waals surface area contributed by atoms with Crippen LogP contribution in [0.1, 0.15) is 0 Å². The van der Waals surface area contributed by atoms with Gasteiger partial charge in [0.25, 0.3) is 0 Å². The summed E-state index contributed by atoms with van der Waals surface area (Å²) < 4.78 is 12.4. The van der Waals surface area contributed by atoms with Crippen molar-refractivity contribution in [1.29, 1.82) is 0 Å². The third-order valence-corrected chi connectivity index (χ3v) is 1.01. The van der Waals surface area contributed by atoms with Crippen molar-refractivity contribution in [3.05, 3.63) is 24.0 Å². The molecule has 0 saturated heterocycles. The number of halogens is 2. The Balaban J connectivity index is 0.000000810. The zero-order chi connectivity index (χ0) is 6.85. The molecule has 0 radical (unpaired) electrons. The Bertz CT molecular complexity index is 209. The first-order chi connectivity index (χ1) is 4.22. The van der Waals surface area contributed by atoms with Crippen molar-refractivity contribution in [2.75, 3.05) is 5.73 Å². The molecule has 0 unspecified atom stereocenters. The molecule has 0 spiro atoms. The second-order valence-corrected chi connectivity index (χ2v) is 1.68. The molecule has 2 nitrogen and oxygen atoms in total. The van der Waals surface area contributed by atoms with Gasteiger partial charge in [0.05, 0.1) is 5.69 Å². The number of rotatable bonds is 0. The fraction of sp³-hybridized carbons (Fsp3) is 0. The van der Waals surface area contributed by atoms with Gasteiger partial charge in [0.2, 0.25) is 0 Å². The molecule has 1 aromatic rings. The zero-order valence-corrected chi connectivity index (χ0v) is 6.76. The van der Waals surface area contributed by atoms with Crippen LogP contribution < -0.4 is 5.73 Å². The molecule has 0 amide bonds. The molecule has 0 heterocycles.